The molecule has 0 spiro atoms. The van der Waals surface area contributed by atoms with E-state index in [0.29, 0.717) is 16.3 Å². The summed E-state index contributed by atoms with van der Waals surface area (Å²) in [6.45, 7) is 1.80. The molecule has 5 nitrogen and oxygen atoms in total. The molecule has 1 amide bonds. The van der Waals surface area contributed by atoms with Crippen LogP contribution in [0.25, 0.3) is 0 Å². The first kappa shape index (κ1) is 19.4. The minimum atomic E-state index is -3.56. The fraction of sp³-hybridized carbons (Fsp3) is 0.235. The van der Waals surface area contributed by atoms with E-state index in [2.05, 4.69) is 10.0 Å². The van der Waals surface area contributed by atoms with E-state index in [9.17, 15) is 17.6 Å². The van der Waals surface area contributed by atoms with Crippen molar-refractivity contribution < 1.29 is 17.6 Å². The Hall–Kier alpha value is -1.96. The number of anilines is 1. The van der Waals surface area contributed by atoms with Gasteiger partial charge in [0.15, 0.2) is 0 Å². The minimum Gasteiger partial charge on any atom is -0.326 e. The fourth-order valence-electron chi connectivity index (χ4n) is 2.34. The molecule has 0 fully saturated rings. The molecule has 0 saturated heterocycles. The maximum absolute atomic E-state index is 13.1. The number of sulfonamides is 1. The topological polar surface area (TPSA) is 75.3 Å². The van der Waals surface area contributed by atoms with E-state index in [4.69, 9.17) is 11.6 Å². The highest BCUT2D eigenvalue weighted by Crippen LogP contribution is 2.22. The Bertz CT molecular complexity index is 870. The predicted molar refractivity (Wildman–Crippen MR) is 96.6 cm³/mol. The molecule has 0 aromatic heterocycles. The van der Waals surface area contributed by atoms with Crippen molar-refractivity contribution in [3.8, 4) is 0 Å². The highest BCUT2D eigenvalue weighted by atomic mass is 35.5. The zero-order chi connectivity index (χ0) is 18.6. The van der Waals surface area contributed by atoms with Gasteiger partial charge in [-0.2, -0.15) is 0 Å². The molecule has 2 aromatic carbocycles. The van der Waals surface area contributed by atoms with Crippen LogP contribution in [0.2, 0.25) is 5.02 Å². The van der Waals surface area contributed by atoms with E-state index >= 15 is 0 Å². The van der Waals surface area contributed by atoms with E-state index in [0.717, 1.165) is 11.8 Å². The average molecular weight is 385 g/mol. The Balaban J connectivity index is 2.17. The molecule has 0 bridgehead atoms. The number of benzene rings is 2. The van der Waals surface area contributed by atoms with Crippen LogP contribution in [0.1, 0.15) is 23.6 Å². The largest absolute Gasteiger partial charge is 0.326 e. The molecule has 2 aromatic rings. The lowest BCUT2D eigenvalue weighted by molar-refractivity contribution is -0.116. The molecule has 2 N–H and O–H groups in total. The van der Waals surface area contributed by atoms with Crippen LogP contribution in [-0.4, -0.2) is 20.6 Å². The van der Waals surface area contributed by atoms with Gasteiger partial charge in [-0.25, -0.2) is 17.5 Å². The Morgan fingerprint density at radius 1 is 1.20 bits per heavy atom. The number of nitrogens with one attached hydrogen (secondary N) is 2. The molecule has 25 heavy (non-hydrogen) atoms. The highest BCUT2D eigenvalue weighted by molar-refractivity contribution is 7.88. The standard InChI is InChI=1S/C17H18ClFN2O3S/c1-11-9-13(18)5-8-15(11)20-17(22)10-16(21-25(2,23)24)12-3-6-14(19)7-4-12/h3-9,16,21H,10H2,1-2H3,(H,20,22). The van der Waals surface area contributed by atoms with Crippen molar-refractivity contribution in [1.82, 2.24) is 4.72 Å². The van der Waals surface area contributed by atoms with Gasteiger partial charge in [-0.05, 0) is 48.4 Å². The third-order valence-electron chi connectivity index (χ3n) is 3.48. The maximum atomic E-state index is 13.1. The van der Waals surface area contributed by atoms with Crippen LogP contribution >= 0.6 is 11.6 Å². The second-order valence-corrected chi connectivity index (χ2v) is 7.92. The second kappa shape index (κ2) is 7.95. The van der Waals surface area contributed by atoms with Crippen LogP contribution in [-0.2, 0) is 14.8 Å². The van der Waals surface area contributed by atoms with Crippen LogP contribution in [0, 0.1) is 12.7 Å². The lowest BCUT2D eigenvalue weighted by atomic mass is 10.0. The van der Waals surface area contributed by atoms with Crippen molar-refractivity contribution in [2.45, 2.75) is 19.4 Å². The number of halogens is 2. The van der Waals surface area contributed by atoms with Gasteiger partial charge in [0, 0.05) is 17.1 Å². The number of rotatable bonds is 6. The summed E-state index contributed by atoms with van der Waals surface area (Å²) < 4.78 is 38.7. The zero-order valence-corrected chi connectivity index (χ0v) is 15.3. The van der Waals surface area contributed by atoms with Gasteiger partial charge in [0.05, 0.1) is 12.3 Å². The molecule has 1 atom stereocenters. The molecule has 0 saturated carbocycles. The van der Waals surface area contributed by atoms with Gasteiger partial charge < -0.3 is 5.32 Å². The SMILES string of the molecule is Cc1cc(Cl)ccc1NC(=O)CC(NS(C)(=O)=O)c1ccc(F)cc1. The summed E-state index contributed by atoms with van der Waals surface area (Å²) >= 11 is 5.88. The molecule has 8 heteroatoms. The van der Waals surface area contributed by atoms with Crippen LogP contribution in [0.4, 0.5) is 10.1 Å². The summed E-state index contributed by atoms with van der Waals surface area (Å²) in [4.78, 5) is 12.3. The molecular formula is C17H18ClFN2O3S. The Morgan fingerprint density at radius 3 is 2.40 bits per heavy atom. The summed E-state index contributed by atoms with van der Waals surface area (Å²) in [7, 11) is -3.56. The van der Waals surface area contributed by atoms with Crippen molar-refractivity contribution in [3.05, 3.63) is 64.4 Å². The smallest absolute Gasteiger partial charge is 0.226 e. The maximum Gasteiger partial charge on any atom is 0.226 e. The molecule has 0 radical (unpaired) electrons. The lowest BCUT2D eigenvalue weighted by Crippen LogP contribution is -2.30. The molecule has 1 unspecified atom stereocenters. The van der Waals surface area contributed by atoms with Crippen molar-refractivity contribution in [2.24, 2.45) is 0 Å². The molecule has 0 aliphatic rings. The first-order chi connectivity index (χ1) is 11.6. The highest BCUT2D eigenvalue weighted by Gasteiger charge is 2.20. The van der Waals surface area contributed by atoms with Gasteiger partial charge in [-0.1, -0.05) is 23.7 Å². The summed E-state index contributed by atoms with van der Waals surface area (Å²) in [5, 5.41) is 3.28. The van der Waals surface area contributed by atoms with Gasteiger partial charge in [-0.3, -0.25) is 4.79 Å². The van der Waals surface area contributed by atoms with Gasteiger partial charge in [-0.15, -0.1) is 0 Å². The van der Waals surface area contributed by atoms with Crippen molar-refractivity contribution >= 4 is 33.2 Å². The molecule has 0 aliphatic carbocycles. The molecule has 2 rings (SSSR count). The van der Waals surface area contributed by atoms with Crippen molar-refractivity contribution in [3.63, 3.8) is 0 Å². The fourth-order valence-corrected chi connectivity index (χ4v) is 3.30. The Labute approximate surface area is 151 Å². The van der Waals surface area contributed by atoms with E-state index in [-0.39, 0.29) is 12.3 Å². The minimum absolute atomic E-state index is 0.138. The number of hydrogen-bond donors (Lipinski definition) is 2. The van der Waals surface area contributed by atoms with Crippen LogP contribution in [0.15, 0.2) is 42.5 Å². The predicted octanol–water partition coefficient (Wildman–Crippen LogP) is 3.41. The number of hydrogen-bond acceptors (Lipinski definition) is 3. The summed E-state index contributed by atoms with van der Waals surface area (Å²) in [6, 6.07) is 9.55. The number of aryl methyl sites for hydroxylation is 1. The van der Waals surface area contributed by atoms with Crippen LogP contribution in [0.3, 0.4) is 0 Å². The monoisotopic (exact) mass is 384 g/mol. The van der Waals surface area contributed by atoms with Crippen LogP contribution < -0.4 is 10.0 Å². The van der Waals surface area contributed by atoms with E-state index < -0.39 is 21.9 Å². The molecule has 0 aliphatic heterocycles. The normalized spacial score (nSPS) is 12.6. The van der Waals surface area contributed by atoms with Gasteiger partial charge in [0.1, 0.15) is 5.82 Å². The van der Waals surface area contributed by atoms with E-state index in [1.807, 2.05) is 0 Å². The van der Waals surface area contributed by atoms with E-state index in [1.165, 1.54) is 24.3 Å². The summed E-state index contributed by atoms with van der Waals surface area (Å²) in [5.41, 5.74) is 1.87. The first-order valence-corrected chi connectivity index (χ1v) is 9.70. The molecule has 0 heterocycles. The van der Waals surface area contributed by atoms with Crippen LogP contribution in [0.5, 0.6) is 0 Å². The Morgan fingerprint density at radius 2 is 1.84 bits per heavy atom. The number of carbonyl (C=O) groups is 1. The molecular weight excluding hydrogens is 367 g/mol. The zero-order valence-electron chi connectivity index (χ0n) is 13.7. The second-order valence-electron chi connectivity index (χ2n) is 5.71. The van der Waals surface area contributed by atoms with Crippen molar-refractivity contribution in [2.75, 3.05) is 11.6 Å². The third-order valence-corrected chi connectivity index (χ3v) is 4.43. The Kier molecular flexibility index (Phi) is 6.16. The number of amides is 1. The quantitative estimate of drug-likeness (QED) is 0.801. The lowest BCUT2D eigenvalue weighted by Gasteiger charge is -2.18. The van der Waals surface area contributed by atoms with Gasteiger partial charge >= 0.3 is 0 Å². The number of carbonyl (C=O) groups excluding carboxylic acids is 1. The van der Waals surface area contributed by atoms with E-state index in [1.54, 1.807) is 25.1 Å². The van der Waals surface area contributed by atoms with Crippen molar-refractivity contribution in [1.29, 1.82) is 0 Å². The summed E-state index contributed by atoms with van der Waals surface area (Å²) in [5.74, 6) is -0.820. The van der Waals surface area contributed by atoms with Gasteiger partial charge in [0.2, 0.25) is 15.9 Å². The van der Waals surface area contributed by atoms with Gasteiger partial charge in [0.25, 0.3) is 0 Å². The summed E-state index contributed by atoms with van der Waals surface area (Å²) in [6.07, 6.45) is 0.867. The third kappa shape index (κ3) is 6.12. The first-order valence-electron chi connectivity index (χ1n) is 7.43. The average Bonchev–Trinajstić information content (AvgIpc) is 2.49. The molecule has 134 valence electrons.